The van der Waals surface area contributed by atoms with Crippen molar-refractivity contribution in [3.63, 3.8) is 0 Å². The Kier molecular flexibility index (Phi) is 5.93. The molecule has 8 heteroatoms. The minimum absolute atomic E-state index is 0.0523. The number of hydrogen-bond acceptors (Lipinski definition) is 4. The van der Waals surface area contributed by atoms with Crippen LogP contribution in [0.1, 0.15) is 32.6 Å². The van der Waals surface area contributed by atoms with Crippen molar-refractivity contribution < 1.29 is 12.8 Å². The molecule has 0 atom stereocenters. The molecule has 1 aliphatic carbocycles. The SMILES string of the molecule is CCS(=O)(=O)N[C@H]1CC[C@H](CNc2ccn(-c3ccccc3F)n2)CC1. The summed E-state index contributed by atoms with van der Waals surface area (Å²) in [7, 11) is -3.13. The first-order valence-corrected chi connectivity index (χ1v) is 10.7. The van der Waals surface area contributed by atoms with E-state index in [0.717, 1.165) is 32.2 Å². The monoisotopic (exact) mass is 380 g/mol. The van der Waals surface area contributed by atoms with Gasteiger partial charge in [0.05, 0.1) is 5.75 Å². The third-order valence-electron chi connectivity index (χ3n) is 4.83. The summed E-state index contributed by atoms with van der Waals surface area (Å²) in [6.07, 6.45) is 5.39. The quantitative estimate of drug-likeness (QED) is 0.774. The van der Waals surface area contributed by atoms with Crippen LogP contribution in [-0.4, -0.2) is 36.5 Å². The van der Waals surface area contributed by atoms with Gasteiger partial charge in [0.25, 0.3) is 0 Å². The van der Waals surface area contributed by atoms with Crippen LogP contribution >= 0.6 is 0 Å². The Balaban J connectivity index is 1.48. The van der Waals surface area contributed by atoms with Gasteiger partial charge in [0.15, 0.2) is 0 Å². The maximum Gasteiger partial charge on any atom is 0.211 e. The number of anilines is 1. The highest BCUT2D eigenvalue weighted by Crippen LogP contribution is 2.25. The fourth-order valence-corrected chi connectivity index (χ4v) is 4.17. The van der Waals surface area contributed by atoms with Crippen molar-refractivity contribution in [1.29, 1.82) is 0 Å². The van der Waals surface area contributed by atoms with E-state index >= 15 is 0 Å². The fourth-order valence-electron chi connectivity index (χ4n) is 3.26. The molecule has 0 bridgehead atoms. The van der Waals surface area contributed by atoms with Gasteiger partial charge >= 0.3 is 0 Å². The van der Waals surface area contributed by atoms with Gasteiger partial charge in [-0.2, -0.15) is 5.10 Å². The third-order valence-corrected chi connectivity index (χ3v) is 6.29. The summed E-state index contributed by atoms with van der Waals surface area (Å²) in [4.78, 5) is 0. The van der Waals surface area contributed by atoms with E-state index in [1.165, 1.54) is 10.7 Å². The second-order valence-corrected chi connectivity index (χ2v) is 8.76. The summed E-state index contributed by atoms with van der Waals surface area (Å²) >= 11 is 0. The van der Waals surface area contributed by atoms with Crippen molar-refractivity contribution in [3.05, 3.63) is 42.3 Å². The Morgan fingerprint density at radius 2 is 1.92 bits per heavy atom. The van der Waals surface area contributed by atoms with Gasteiger partial charge in [0, 0.05) is 24.8 Å². The molecule has 0 amide bonds. The van der Waals surface area contributed by atoms with Crippen molar-refractivity contribution >= 4 is 15.8 Å². The van der Waals surface area contributed by atoms with Crippen molar-refractivity contribution in [2.75, 3.05) is 17.6 Å². The van der Waals surface area contributed by atoms with Gasteiger partial charge in [0.1, 0.15) is 17.3 Å². The second-order valence-electron chi connectivity index (χ2n) is 6.72. The van der Waals surface area contributed by atoms with Crippen LogP contribution in [0.3, 0.4) is 0 Å². The number of sulfonamides is 1. The Hall–Kier alpha value is -1.93. The molecule has 26 heavy (non-hydrogen) atoms. The number of nitrogens with zero attached hydrogens (tertiary/aromatic N) is 2. The van der Waals surface area contributed by atoms with Crippen molar-refractivity contribution in [2.24, 2.45) is 5.92 Å². The van der Waals surface area contributed by atoms with Crippen LogP contribution in [0.15, 0.2) is 36.5 Å². The normalized spacial score (nSPS) is 20.8. The van der Waals surface area contributed by atoms with Crippen LogP contribution in [0.4, 0.5) is 10.2 Å². The Labute approximate surface area is 153 Å². The average molecular weight is 380 g/mol. The Morgan fingerprint density at radius 1 is 1.19 bits per heavy atom. The maximum atomic E-state index is 13.8. The average Bonchev–Trinajstić information content (AvgIpc) is 3.10. The van der Waals surface area contributed by atoms with E-state index in [9.17, 15) is 12.8 Å². The van der Waals surface area contributed by atoms with Crippen LogP contribution in [0, 0.1) is 11.7 Å². The van der Waals surface area contributed by atoms with Gasteiger partial charge in [-0.3, -0.25) is 0 Å². The smallest absolute Gasteiger partial charge is 0.211 e. The van der Waals surface area contributed by atoms with Gasteiger partial charge in [0.2, 0.25) is 10.0 Å². The first kappa shape index (κ1) is 18.8. The number of nitrogens with one attached hydrogen (secondary N) is 2. The maximum absolute atomic E-state index is 13.8. The van der Waals surface area contributed by atoms with Crippen LogP contribution in [0.25, 0.3) is 5.69 Å². The minimum Gasteiger partial charge on any atom is -0.368 e. The van der Waals surface area contributed by atoms with E-state index in [2.05, 4.69) is 15.1 Å². The molecule has 0 radical (unpaired) electrons. The summed E-state index contributed by atoms with van der Waals surface area (Å²) in [5.74, 6) is 1.01. The van der Waals surface area contributed by atoms with E-state index in [4.69, 9.17) is 0 Å². The number of hydrogen-bond donors (Lipinski definition) is 2. The predicted molar refractivity (Wildman–Crippen MR) is 100 cm³/mol. The first-order chi connectivity index (χ1) is 12.5. The van der Waals surface area contributed by atoms with Gasteiger partial charge in [-0.15, -0.1) is 0 Å². The van der Waals surface area contributed by atoms with Gasteiger partial charge in [-0.1, -0.05) is 12.1 Å². The molecule has 2 N–H and O–H groups in total. The van der Waals surface area contributed by atoms with Gasteiger partial charge in [-0.25, -0.2) is 22.2 Å². The topological polar surface area (TPSA) is 76.0 Å². The number of benzene rings is 1. The van der Waals surface area contributed by atoms with Crippen LogP contribution < -0.4 is 10.0 Å². The van der Waals surface area contributed by atoms with Gasteiger partial charge in [-0.05, 0) is 50.7 Å². The molecule has 1 fully saturated rings. The zero-order valence-electron chi connectivity index (χ0n) is 14.9. The zero-order valence-corrected chi connectivity index (χ0v) is 15.7. The van der Waals surface area contributed by atoms with Crippen molar-refractivity contribution in [3.8, 4) is 5.69 Å². The van der Waals surface area contributed by atoms with E-state index < -0.39 is 10.0 Å². The molecule has 1 aliphatic rings. The summed E-state index contributed by atoms with van der Waals surface area (Å²) in [5.41, 5.74) is 0.421. The number of aromatic nitrogens is 2. The first-order valence-electron chi connectivity index (χ1n) is 9.01. The lowest BCUT2D eigenvalue weighted by Crippen LogP contribution is -2.39. The standard InChI is InChI=1S/C18H25FN4O2S/c1-2-26(24,25)22-15-9-7-14(8-10-15)13-20-18-11-12-23(21-18)17-6-4-3-5-16(17)19/h3-6,11-12,14-15,22H,2,7-10,13H2,1H3,(H,20,21)/t14-,15-. The largest absolute Gasteiger partial charge is 0.368 e. The molecule has 6 nitrogen and oxygen atoms in total. The summed E-state index contributed by atoms with van der Waals surface area (Å²) in [6.45, 7) is 2.43. The molecule has 1 aromatic heterocycles. The Morgan fingerprint density at radius 3 is 2.62 bits per heavy atom. The van der Waals surface area contributed by atoms with E-state index in [0.29, 0.717) is 17.4 Å². The summed E-state index contributed by atoms with van der Waals surface area (Å²) in [6, 6.07) is 8.40. The molecule has 1 saturated carbocycles. The molecule has 0 spiro atoms. The summed E-state index contributed by atoms with van der Waals surface area (Å²) < 4.78 is 41.4. The number of para-hydroxylation sites is 1. The third kappa shape index (κ3) is 4.82. The highest BCUT2D eigenvalue weighted by molar-refractivity contribution is 7.89. The highest BCUT2D eigenvalue weighted by atomic mass is 32.2. The lowest BCUT2D eigenvalue weighted by atomic mass is 9.86. The minimum atomic E-state index is -3.13. The second kappa shape index (κ2) is 8.18. The molecule has 1 aromatic carbocycles. The molecule has 1 heterocycles. The molecule has 142 valence electrons. The molecule has 3 rings (SSSR count). The lowest BCUT2D eigenvalue weighted by molar-refractivity contribution is 0.324. The van der Waals surface area contributed by atoms with Gasteiger partial charge < -0.3 is 5.32 Å². The van der Waals surface area contributed by atoms with Crippen molar-refractivity contribution in [1.82, 2.24) is 14.5 Å². The summed E-state index contributed by atoms with van der Waals surface area (Å²) in [5, 5.41) is 7.68. The molecular formula is C18H25FN4O2S. The lowest BCUT2D eigenvalue weighted by Gasteiger charge is -2.28. The van der Waals surface area contributed by atoms with E-state index in [1.807, 2.05) is 6.07 Å². The molecule has 0 unspecified atom stereocenters. The van der Waals surface area contributed by atoms with Crippen LogP contribution in [-0.2, 0) is 10.0 Å². The fraction of sp³-hybridized carbons (Fsp3) is 0.500. The zero-order chi connectivity index (χ0) is 18.6. The molecular weight excluding hydrogens is 355 g/mol. The number of halogens is 1. The predicted octanol–water partition coefficient (Wildman–Crippen LogP) is 2.92. The van der Waals surface area contributed by atoms with E-state index in [1.54, 1.807) is 31.3 Å². The van der Waals surface area contributed by atoms with Crippen LogP contribution in [0.5, 0.6) is 0 Å². The highest BCUT2D eigenvalue weighted by Gasteiger charge is 2.24. The van der Waals surface area contributed by atoms with E-state index in [-0.39, 0.29) is 17.6 Å². The molecule has 0 aliphatic heterocycles. The van der Waals surface area contributed by atoms with Crippen LogP contribution in [0.2, 0.25) is 0 Å². The molecule has 2 aromatic rings. The van der Waals surface area contributed by atoms with Crippen molar-refractivity contribution in [2.45, 2.75) is 38.6 Å². The Bertz CT molecular complexity index is 829. The molecule has 0 saturated heterocycles. The number of rotatable bonds is 7.